The molecule has 2 unspecified atom stereocenters. The Labute approximate surface area is 83.2 Å². The van der Waals surface area contributed by atoms with Crippen LogP contribution in [0.15, 0.2) is 23.6 Å². The zero-order chi connectivity index (χ0) is 9.68. The van der Waals surface area contributed by atoms with Crippen LogP contribution in [0.4, 0.5) is 0 Å². The van der Waals surface area contributed by atoms with Crippen molar-refractivity contribution in [3.8, 4) is 0 Å². The molecule has 1 aromatic heterocycles. The largest absolute Gasteiger partial charge is 0.327 e. The van der Waals surface area contributed by atoms with Crippen molar-refractivity contribution in [2.75, 3.05) is 0 Å². The molecule has 0 saturated carbocycles. The molecule has 1 heterocycles. The second-order valence-electron chi connectivity index (χ2n) is 2.93. The molecule has 0 saturated heterocycles. The van der Waals surface area contributed by atoms with Crippen LogP contribution in [0.5, 0.6) is 0 Å². The van der Waals surface area contributed by atoms with E-state index in [0.717, 1.165) is 11.6 Å². The summed E-state index contributed by atoms with van der Waals surface area (Å²) in [6.07, 6.45) is 4.49. The maximum atomic E-state index is 5.89. The van der Waals surface area contributed by atoms with Crippen LogP contribution < -0.4 is 5.73 Å². The summed E-state index contributed by atoms with van der Waals surface area (Å²) >= 11 is 1.63. The lowest BCUT2D eigenvalue weighted by Crippen LogP contribution is -2.29. The summed E-state index contributed by atoms with van der Waals surface area (Å²) in [7, 11) is 0. The lowest BCUT2D eigenvalue weighted by Gasteiger charge is -2.16. The monoisotopic (exact) mass is 197 g/mol. The predicted octanol–water partition coefficient (Wildman–Crippen LogP) is 1.69. The summed E-state index contributed by atoms with van der Waals surface area (Å²) in [6.45, 7) is 4.20. The molecule has 0 aliphatic heterocycles. The van der Waals surface area contributed by atoms with Gasteiger partial charge in [-0.3, -0.25) is 0 Å². The third kappa shape index (κ3) is 3.32. The van der Waals surface area contributed by atoms with Crippen molar-refractivity contribution in [1.82, 2.24) is 9.97 Å². The maximum absolute atomic E-state index is 5.89. The summed E-state index contributed by atoms with van der Waals surface area (Å²) in [5, 5.41) is 1.17. The van der Waals surface area contributed by atoms with E-state index >= 15 is 0 Å². The van der Waals surface area contributed by atoms with Gasteiger partial charge in [0, 0.05) is 23.7 Å². The Balaban J connectivity index is 2.50. The van der Waals surface area contributed by atoms with Crippen LogP contribution in [0.25, 0.3) is 0 Å². The van der Waals surface area contributed by atoms with Crippen LogP contribution in [-0.2, 0) is 0 Å². The number of hydrogen-bond donors (Lipinski definition) is 1. The van der Waals surface area contributed by atoms with Gasteiger partial charge in [-0.15, -0.1) is 0 Å². The highest BCUT2D eigenvalue weighted by atomic mass is 32.2. The molecule has 0 aromatic carbocycles. The first-order valence-corrected chi connectivity index (χ1v) is 5.31. The van der Waals surface area contributed by atoms with Crippen molar-refractivity contribution in [1.29, 1.82) is 0 Å². The average Bonchev–Trinajstić information content (AvgIpc) is 2.18. The summed E-state index contributed by atoms with van der Waals surface area (Å²) in [4.78, 5) is 8.26. The number of nitrogens with two attached hydrogens (primary N) is 1. The molecule has 0 aliphatic rings. The first-order chi connectivity index (χ1) is 6.24. The number of thioether (sulfide) groups is 1. The van der Waals surface area contributed by atoms with E-state index in [9.17, 15) is 0 Å². The minimum Gasteiger partial charge on any atom is -0.327 e. The van der Waals surface area contributed by atoms with Crippen molar-refractivity contribution in [3.05, 3.63) is 18.5 Å². The summed E-state index contributed by atoms with van der Waals surface area (Å²) in [6, 6.07) is 2.03. The van der Waals surface area contributed by atoms with E-state index in [2.05, 4.69) is 23.8 Å². The molecule has 2 N–H and O–H groups in total. The molecule has 0 amide bonds. The van der Waals surface area contributed by atoms with Gasteiger partial charge in [0.15, 0.2) is 5.16 Å². The van der Waals surface area contributed by atoms with Crippen molar-refractivity contribution in [2.24, 2.45) is 5.73 Å². The first-order valence-electron chi connectivity index (χ1n) is 4.43. The van der Waals surface area contributed by atoms with Gasteiger partial charge in [0.1, 0.15) is 0 Å². The molecule has 0 fully saturated rings. The lowest BCUT2D eigenvalue weighted by molar-refractivity contribution is 0.641. The molecule has 4 heteroatoms. The third-order valence-corrected chi connectivity index (χ3v) is 3.05. The molecule has 2 atom stereocenters. The quantitative estimate of drug-likeness (QED) is 0.589. The first kappa shape index (κ1) is 10.5. The molecular weight excluding hydrogens is 182 g/mol. The summed E-state index contributed by atoms with van der Waals surface area (Å²) < 4.78 is 0. The van der Waals surface area contributed by atoms with Crippen molar-refractivity contribution in [2.45, 2.75) is 36.7 Å². The van der Waals surface area contributed by atoms with Gasteiger partial charge in [0.05, 0.1) is 0 Å². The van der Waals surface area contributed by atoms with Gasteiger partial charge < -0.3 is 5.73 Å². The van der Waals surface area contributed by atoms with Gasteiger partial charge in [-0.05, 0) is 12.5 Å². The Hall–Kier alpha value is -0.610. The molecule has 0 radical (unpaired) electrons. The van der Waals surface area contributed by atoms with E-state index in [1.54, 1.807) is 24.2 Å². The van der Waals surface area contributed by atoms with Gasteiger partial charge in [-0.1, -0.05) is 25.6 Å². The Kier molecular flexibility index (Phi) is 4.18. The molecule has 13 heavy (non-hydrogen) atoms. The molecule has 72 valence electrons. The van der Waals surface area contributed by atoms with E-state index in [1.165, 1.54) is 0 Å². The van der Waals surface area contributed by atoms with Crippen LogP contribution >= 0.6 is 11.8 Å². The molecule has 1 aromatic rings. The maximum Gasteiger partial charge on any atom is 0.187 e. The average molecular weight is 197 g/mol. The fourth-order valence-electron chi connectivity index (χ4n) is 0.932. The van der Waals surface area contributed by atoms with Crippen molar-refractivity contribution >= 4 is 11.8 Å². The van der Waals surface area contributed by atoms with Gasteiger partial charge in [-0.25, -0.2) is 9.97 Å². The van der Waals surface area contributed by atoms with Gasteiger partial charge in [0.2, 0.25) is 0 Å². The Morgan fingerprint density at radius 1 is 1.46 bits per heavy atom. The molecule has 1 rings (SSSR count). The van der Waals surface area contributed by atoms with E-state index in [0.29, 0.717) is 5.25 Å². The van der Waals surface area contributed by atoms with Crippen LogP contribution in [0.1, 0.15) is 20.3 Å². The number of rotatable bonds is 4. The van der Waals surface area contributed by atoms with E-state index < -0.39 is 0 Å². The Morgan fingerprint density at radius 3 is 2.62 bits per heavy atom. The zero-order valence-electron chi connectivity index (χ0n) is 7.97. The third-order valence-electron chi connectivity index (χ3n) is 1.91. The second-order valence-corrected chi connectivity index (χ2v) is 4.27. The van der Waals surface area contributed by atoms with E-state index in [4.69, 9.17) is 5.73 Å². The van der Waals surface area contributed by atoms with Gasteiger partial charge in [-0.2, -0.15) is 0 Å². The standard InChI is InChI=1S/C9H15N3S/c1-3-8(10)7(2)13-9-11-5-4-6-12-9/h4-8H,3,10H2,1-2H3. The molecule has 3 nitrogen and oxygen atoms in total. The van der Waals surface area contributed by atoms with Crippen LogP contribution in [-0.4, -0.2) is 21.3 Å². The smallest absolute Gasteiger partial charge is 0.187 e. The second kappa shape index (κ2) is 5.19. The molecule has 0 bridgehead atoms. The van der Waals surface area contributed by atoms with Crippen molar-refractivity contribution in [3.63, 3.8) is 0 Å². The number of aromatic nitrogens is 2. The van der Waals surface area contributed by atoms with Crippen molar-refractivity contribution < 1.29 is 0 Å². The van der Waals surface area contributed by atoms with Crippen LogP contribution in [0.3, 0.4) is 0 Å². The number of hydrogen-bond acceptors (Lipinski definition) is 4. The van der Waals surface area contributed by atoms with Gasteiger partial charge >= 0.3 is 0 Å². The summed E-state index contributed by atoms with van der Waals surface area (Å²) in [5.74, 6) is 0. The number of nitrogens with zero attached hydrogens (tertiary/aromatic N) is 2. The normalized spacial score (nSPS) is 15.3. The van der Waals surface area contributed by atoms with E-state index in [-0.39, 0.29) is 6.04 Å². The lowest BCUT2D eigenvalue weighted by atomic mass is 10.2. The van der Waals surface area contributed by atoms with Gasteiger partial charge in [0.25, 0.3) is 0 Å². The SMILES string of the molecule is CCC(N)C(C)Sc1ncccn1. The minimum absolute atomic E-state index is 0.216. The van der Waals surface area contributed by atoms with E-state index in [1.807, 2.05) is 6.07 Å². The fourth-order valence-corrected chi connectivity index (χ4v) is 1.88. The van der Waals surface area contributed by atoms with Crippen LogP contribution in [0.2, 0.25) is 0 Å². The minimum atomic E-state index is 0.216. The highest BCUT2D eigenvalue weighted by Crippen LogP contribution is 2.20. The van der Waals surface area contributed by atoms with Crippen LogP contribution in [0, 0.1) is 0 Å². The topological polar surface area (TPSA) is 51.8 Å². The molecule has 0 spiro atoms. The Bertz CT molecular complexity index is 240. The Morgan fingerprint density at radius 2 is 2.08 bits per heavy atom. The predicted molar refractivity (Wildman–Crippen MR) is 55.6 cm³/mol. The highest BCUT2D eigenvalue weighted by Gasteiger charge is 2.12. The summed E-state index contributed by atoms with van der Waals surface area (Å²) in [5.41, 5.74) is 5.89. The zero-order valence-corrected chi connectivity index (χ0v) is 8.79. The molecule has 0 aliphatic carbocycles. The fraction of sp³-hybridized carbons (Fsp3) is 0.556. The highest BCUT2D eigenvalue weighted by molar-refractivity contribution is 7.99. The molecular formula is C9H15N3S.